The summed E-state index contributed by atoms with van der Waals surface area (Å²) in [6.45, 7) is 3.31. The van der Waals surface area contributed by atoms with Gasteiger partial charge in [0.05, 0.1) is 17.8 Å². The van der Waals surface area contributed by atoms with Crippen molar-refractivity contribution in [3.8, 4) is 5.75 Å². The summed E-state index contributed by atoms with van der Waals surface area (Å²) in [6.07, 6.45) is 6.65. The Balaban J connectivity index is 1.60. The van der Waals surface area contributed by atoms with Crippen LogP contribution in [0.15, 0.2) is 41.4 Å². The normalized spacial score (nSPS) is 10.7. The van der Waals surface area contributed by atoms with Gasteiger partial charge in [-0.3, -0.25) is 9.78 Å². The summed E-state index contributed by atoms with van der Waals surface area (Å²) < 4.78 is 12.7. The van der Waals surface area contributed by atoms with Gasteiger partial charge in [-0.2, -0.15) is 0 Å². The number of pyridine rings is 1. The summed E-state index contributed by atoms with van der Waals surface area (Å²) in [6, 6.07) is 3.20. The molecule has 9 heteroatoms. The van der Waals surface area contributed by atoms with E-state index in [2.05, 4.69) is 15.1 Å². The molecule has 0 radical (unpaired) electrons. The maximum Gasteiger partial charge on any atom is 0.276 e. The third kappa shape index (κ3) is 4.20. The zero-order valence-corrected chi connectivity index (χ0v) is 15.2. The SMILES string of the molecule is CCn1ccnc1CN(C)C(=O)c1cc(COc2cncc(Cl)c2)on1. The van der Waals surface area contributed by atoms with Crippen molar-refractivity contribution in [1.82, 2.24) is 24.6 Å². The lowest BCUT2D eigenvalue weighted by molar-refractivity contribution is 0.0769. The first-order chi connectivity index (χ1) is 12.6. The predicted octanol–water partition coefficient (Wildman–Crippen LogP) is 2.79. The van der Waals surface area contributed by atoms with Gasteiger partial charge in [0, 0.05) is 44.3 Å². The van der Waals surface area contributed by atoms with Crippen LogP contribution in [0.5, 0.6) is 5.75 Å². The molecule has 0 unspecified atom stereocenters. The third-order valence-electron chi connectivity index (χ3n) is 3.71. The van der Waals surface area contributed by atoms with Crippen LogP contribution in [-0.4, -0.2) is 37.5 Å². The van der Waals surface area contributed by atoms with Gasteiger partial charge in [-0.15, -0.1) is 0 Å². The summed E-state index contributed by atoms with van der Waals surface area (Å²) in [7, 11) is 1.69. The number of amides is 1. The number of carbonyl (C=O) groups is 1. The number of rotatable bonds is 7. The number of aryl methyl sites for hydroxylation is 1. The van der Waals surface area contributed by atoms with Gasteiger partial charge >= 0.3 is 0 Å². The molecule has 3 aromatic heterocycles. The number of hydrogen-bond acceptors (Lipinski definition) is 6. The van der Waals surface area contributed by atoms with Gasteiger partial charge in [-0.1, -0.05) is 16.8 Å². The Bertz CT molecular complexity index is 892. The van der Waals surface area contributed by atoms with Crippen LogP contribution in [0, 0.1) is 0 Å². The van der Waals surface area contributed by atoms with Crippen molar-refractivity contribution in [2.45, 2.75) is 26.6 Å². The molecule has 0 saturated carbocycles. The molecule has 3 aromatic rings. The molecule has 0 bridgehead atoms. The molecule has 0 aliphatic rings. The fraction of sp³-hybridized carbons (Fsp3) is 0.294. The van der Waals surface area contributed by atoms with Gasteiger partial charge in [0.15, 0.2) is 11.5 Å². The van der Waals surface area contributed by atoms with Crippen LogP contribution in [-0.2, 0) is 19.7 Å². The van der Waals surface area contributed by atoms with Crippen molar-refractivity contribution < 1.29 is 14.1 Å². The Morgan fingerprint density at radius 3 is 3.00 bits per heavy atom. The minimum Gasteiger partial charge on any atom is -0.484 e. The lowest BCUT2D eigenvalue weighted by Crippen LogP contribution is -2.28. The number of ether oxygens (including phenoxy) is 1. The van der Waals surface area contributed by atoms with Crippen molar-refractivity contribution in [3.63, 3.8) is 0 Å². The van der Waals surface area contributed by atoms with E-state index in [1.165, 1.54) is 17.3 Å². The Hall–Kier alpha value is -2.87. The predicted molar refractivity (Wildman–Crippen MR) is 93.8 cm³/mol. The van der Waals surface area contributed by atoms with Crippen LogP contribution < -0.4 is 4.74 Å². The number of aromatic nitrogens is 4. The first kappa shape index (κ1) is 17.9. The number of nitrogens with zero attached hydrogens (tertiary/aromatic N) is 5. The lowest BCUT2D eigenvalue weighted by Gasteiger charge is -2.15. The van der Waals surface area contributed by atoms with Gasteiger partial charge in [0.2, 0.25) is 0 Å². The van der Waals surface area contributed by atoms with Crippen molar-refractivity contribution >= 4 is 17.5 Å². The Morgan fingerprint density at radius 2 is 2.23 bits per heavy atom. The fourth-order valence-corrected chi connectivity index (χ4v) is 2.53. The first-order valence-corrected chi connectivity index (χ1v) is 8.39. The molecule has 0 aromatic carbocycles. The number of imidazole rings is 1. The van der Waals surface area contributed by atoms with Crippen molar-refractivity contribution in [3.05, 3.63) is 59.2 Å². The molecule has 0 atom stereocenters. The molecule has 26 heavy (non-hydrogen) atoms. The minimum absolute atomic E-state index is 0.117. The largest absolute Gasteiger partial charge is 0.484 e. The summed E-state index contributed by atoms with van der Waals surface area (Å²) in [5, 5.41) is 4.30. The van der Waals surface area contributed by atoms with Gasteiger partial charge in [0.25, 0.3) is 5.91 Å². The highest BCUT2D eigenvalue weighted by Crippen LogP contribution is 2.17. The van der Waals surface area contributed by atoms with E-state index in [1.807, 2.05) is 17.7 Å². The topological polar surface area (TPSA) is 86.3 Å². The number of carbonyl (C=O) groups excluding carboxylic acids is 1. The molecule has 8 nitrogen and oxygen atoms in total. The molecule has 3 heterocycles. The van der Waals surface area contributed by atoms with Crippen LogP contribution in [0.3, 0.4) is 0 Å². The second kappa shape index (κ2) is 8.01. The summed E-state index contributed by atoms with van der Waals surface area (Å²) in [5.41, 5.74) is 0.213. The van der Waals surface area contributed by atoms with E-state index in [-0.39, 0.29) is 18.2 Å². The molecule has 0 aliphatic carbocycles. The Labute approximate surface area is 155 Å². The first-order valence-electron chi connectivity index (χ1n) is 8.01. The molecule has 3 rings (SSSR count). The molecule has 1 amide bonds. The zero-order valence-electron chi connectivity index (χ0n) is 14.4. The average molecular weight is 376 g/mol. The lowest BCUT2D eigenvalue weighted by atomic mass is 10.3. The van der Waals surface area contributed by atoms with E-state index < -0.39 is 0 Å². The van der Waals surface area contributed by atoms with E-state index in [9.17, 15) is 4.79 Å². The molecular weight excluding hydrogens is 358 g/mol. The average Bonchev–Trinajstić information content (AvgIpc) is 3.28. The molecule has 0 spiro atoms. The zero-order chi connectivity index (χ0) is 18.5. The van der Waals surface area contributed by atoms with E-state index in [1.54, 1.807) is 25.4 Å². The Kier molecular flexibility index (Phi) is 5.52. The molecule has 0 aliphatic heterocycles. The van der Waals surface area contributed by atoms with Gasteiger partial charge in [-0.25, -0.2) is 4.98 Å². The smallest absolute Gasteiger partial charge is 0.276 e. The standard InChI is InChI=1S/C17H18ClN5O3/c1-3-23-5-4-20-16(23)10-22(2)17(24)15-7-14(26-21-15)11-25-13-6-12(18)8-19-9-13/h4-9H,3,10-11H2,1-2H3. The van der Waals surface area contributed by atoms with E-state index in [0.29, 0.717) is 23.1 Å². The molecular formula is C17H18ClN5O3. The monoisotopic (exact) mass is 375 g/mol. The second-order valence-corrected chi connectivity index (χ2v) is 6.03. The van der Waals surface area contributed by atoms with Gasteiger partial charge < -0.3 is 18.7 Å². The Morgan fingerprint density at radius 1 is 1.38 bits per heavy atom. The summed E-state index contributed by atoms with van der Waals surface area (Å²) in [5.74, 6) is 1.49. The quantitative estimate of drug-likeness (QED) is 0.631. The highest BCUT2D eigenvalue weighted by atomic mass is 35.5. The molecule has 0 fully saturated rings. The number of halogens is 1. The van der Waals surface area contributed by atoms with Crippen molar-refractivity contribution in [1.29, 1.82) is 0 Å². The van der Waals surface area contributed by atoms with Crippen LogP contribution in [0.1, 0.15) is 29.0 Å². The van der Waals surface area contributed by atoms with Crippen LogP contribution in [0.2, 0.25) is 5.02 Å². The van der Waals surface area contributed by atoms with Gasteiger partial charge in [-0.05, 0) is 6.92 Å². The molecule has 136 valence electrons. The van der Waals surface area contributed by atoms with E-state index in [0.717, 1.165) is 12.4 Å². The minimum atomic E-state index is -0.255. The summed E-state index contributed by atoms with van der Waals surface area (Å²) in [4.78, 5) is 22.2. The number of hydrogen-bond donors (Lipinski definition) is 0. The summed E-state index contributed by atoms with van der Waals surface area (Å²) >= 11 is 5.85. The van der Waals surface area contributed by atoms with Crippen LogP contribution in [0.4, 0.5) is 0 Å². The van der Waals surface area contributed by atoms with Crippen LogP contribution >= 0.6 is 11.6 Å². The van der Waals surface area contributed by atoms with Crippen LogP contribution in [0.25, 0.3) is 0 Å². The van der Waals surface area contributed by atoms with Gasteiger partial charge in [0.1, 0.15) is 18.2 Å². The fourth-order valence-electron chi connectivity index (χ4n) is 2.37. The second-order valence-electron chi connectivity index (χ2n) is 5.60. The third-order valence-corrected chi connectivity index (χ3v) is 3.91. The maximum atomic E-state index is 12.5. The highest BCUT2D eigenvalue weighted by Gasteiger charge is 2.19. The van der Waals surface area contributed by atoms with E-state index >= 15 is 0 Å². The molecule has 0 N–H and O–H groups in total. The van der Waals surface area contributed by atoms with Crippen molar-refractivity contribution in [2.75, 3.05) is 7.05 Å². The molecule has 0 saturated heterocycles. The highest BCUT2D eigenvalue weighted by molar-refractivity contribution is 6.30. The van der Waals surface area contributed by atoms with E-state index in [4.69, 9.17) is 20.9 Å². The maximum absolute atomic E-state index is 12.5. The van der Waals surface area contributed by atoms with Crippen molar-refractivity contribution in [2.24, 2.45) is 0 Å².